The number of nitrogens with zero attached hydrogens (tertiary/aromatic N) is 2. The van der Waals surface area contributed by atoms with E-state index in [2.05, 4.69) is 16.9 Å². The lowest BCUT2D eigenvalue weighted by Crippen LogP contribution is -2.24. The van der Waals surface area contributed by atoms with E-state index in [0.717, 1.165) is 24.2 Å². The predicted molar refractivity (Wildman–Crippen MR) is 76.9 cm³/mol. The van der Waals surface area contributed by atoms with Crippen molar-refractivity contribution in [2.75, 3.05) is 5.73 Å². The zero-order valence-corrected chi connectivity index (χ0v) is 12.1. The molecule has 3 N–H and O–H groups in total. The molecule has 20 heavy (non-hydrogen) atoms. The third kappa shape index (κ3) is 1.95. The van der Waals surface area contributed by atoms with Crippen LogP contribution in [0.1, 0.15) is 32.9 Å². The maximum Gasteiger partial charge on any atom is 0.311 e. The molecule has 0 bridgehead atoms. The van der Waals surface area contributed by atoms with Gasteiger partial charge in [-0.05, 0) is 12.8 Å². The Labute approximate surface area is 118 Å². The molecule has 2 aromatic heterocycles. The van der Waals surface area contributed by atoms with Gasteiger partial charge >= 0.3 is 4.87 Å². The van der Waals surface area contributed by atoms with Crippen molar-refractivity contribution in [1.82, 2.24) is 14.5 Å². The largest absolute Gasteiger partial charge is 0.369 e. The Morgan fingerprint density at radius 3 is 2.95 bits per heavy atom. The lowest BCUT2D eigenvalue weighted by Gasteiger charge is -2.16. The summed E-state index contributed by atoms with van der Waals surface area (Å²) in [5.74, 6) is 0.199. The van der Waals surface area contributed by atoms with Crippen LogP contribution >= 0.6 is 11.3 Å². The van der Waals surface area contributed by atoms with Crippen molar-refractivity contribution in [3.8, 4) is 0 Å². The molecular formula is C12H16N4O3S. The van der Waals surface area contributed by atoms with E-state index in [1.165, 1.54) is 4.57 Å². The van der Waals surface area contributed by atoms with Crippen LogP contribution in [0.5, 0.6) is 0 Å². The van der Waals surface area contributed by atoms with Gasteiger partial charge in [-0.3, -0.25) is 19.1 Å². The first-order valence-electron chi connectivity index (χ1n) is 6.57. The van der Waals surface area contributed by atoms with E-state index in [4.69, 9.17) is 10.5 Å². The number of nitrogens with one attached hydrogen (secondary N) is 1. The van der Waals surface area contributed by atoms with Crippen LogP contribution in [0, 0.1) is 5.92 Å². The van der Waals surface area contributed by atoms with Gasteiger partial charge in [0.2, 0.25) is 5.95 Å². The molecule has 1 aliphatic heterocycles. The van der Waals surface area contributed by atoms with E-state index in [1.54, 1.807) is 0 Å². The van der Waals surface area contributed by atoms with Gasteiger partial charge in [-0.2, -0.15) is 4.98 Å². The minimum Gasteiger partial charge on any atom is -0.369 e. The molecular weight excluding hydrogens is 280 g/mol. The number of aromatic nitrogens is 3. The summed E-state index contributed by atoms with van der Waals surface area (Å²) in [6.45, 7) is 4.09. The fourth-order valence-electron chi connectivity index (χ4n) is 2.67. The Hall–Kier alpha value is -1.67. The third-order valence-electron chi connectivity index (χ3n) is 3.65. The minimum atomic E-state index is -0.383. The highest BCUT2D eigenvalue weighted by Crippen LogP contribution is 2.36. The summed E-state index contributed by atoms with van der Waals surface area (Å²) in [6.07, 6.45) is 1.54. The molecule has 3 heterocycles. The third-order valence-corrected chi connectivity index (χ3v) is 4.60. The number of H-pyrrole nitrogens is 1. The highest BCUT2D eigenvalue weighted by atomic mass is 32.1. The Kier molecular flexibility index (Phi) is 3.14. The SMILES string of the molecule is CC[C@@H]1C[C@@H](C)[C@H](n2c(=O)sc3c(=O)[nH]c(N)nc32)O1. The van der Waals surface area contributed by atoms with Gasteiger partial charge in [-0.25, -0.2) is 0 Å². The summed E-state index contributed by atoms with van der Waals surface area (Å²) in [5, 5.41) is 0. The van der Waals surface area contributed by atoms with Crippen LogP contribution < -0.4 is 16.2 Å². The standard InChI is InChI=1S/C12H16N4O3S/c1-3-6-4-5(2)10(19-6)16-8-7(20-12(16)18)9(17)15-11(13)14-8/h5-6,10H,3-4H2,1-2H3,(H3,13,14,15,17)/t5-,6-,10-/m1/s1. The van der Waals surface area contributed by atoms with E-state index in [0.29, 0.717) is 10.3 Å². The molecule has 0 aromatic carbocycles. The molecule has 1 fully saturated rings. The average Bonchev–Trinajstić information content (AvgIpc) is 2.89. The fraction of sp³-hybridized carbons (Fsp3) is 0.583. The normalized spacial score (nSPS) is 26.4. The van der Waals surface area contributed by atoms with Crippen molar-refractivity contribution in [3.63, 3.8) is 0 Å². The number of thiazole rings is 1. The second kappa shape index (κ2) is 4.71. The number of aromatic amines is 1. The quantitative estimate of drug-likeness (QED) is 0.862. The van der Waals surface area contributed by atoms with Crippen molar-refractivity contribution in [1.29, 1.82) is 0 Å². The molecule has 1 aliphatic rings. The predicted octanol–water partition coefficient (Wildman–Crippen LogP) is 1.06. The van der Waals surface area contributed by atoms with Crippen LogP contribution in [0.3, 0.4) is 0 Å². The lowest BCUT2D eigenvalue weighted by molar-refractivity contribution is -0.0100. The van der Waals surface area contributed by atoms with E-state index < -0.39 is 0 Å². The molecule has 108 valence electrons. The Morgan fingerprint density at radius 1 is 1.55 bits per heavy atom. The van der Waals surface area contributed by atoms with Gasteiger partial charge in [0.15, 0.2) is 5.65 Å². The van der Waals surface area contributed by atoms with Crippen LogP contribution in [-0.4, -0.2) is 20.6 Å². The number of nitrogens with two attached hydrogens (primary N) is 1. The first-order valence-corrected chi connectivity index (χ1v) is 7.39. The summed E-state index contributed by atoms with van der Waals surface area (Å²) in [4.78, 5) is 30.3. The van der Waals surface area contributed by atoms with Gasteiger partial charge in [0, 0.05) is 5.92 Å². The summed E-state index contributed by atoms with van der Waals surface area (Å²) < 4.78 is 7.67. The van der Waals surface area contributed by atoms with E-state index in [9.17, 15) is 9.59 Å². The van der Waals surface area contributed by atoms with E-state index in [-0.39, 0.29) is 34.6 Å². The van der Waals surface area contributed by atoms with Crippen LogP contribution in [0.15, 0.2) is 9.59 Å². The van der Waals surface area contributed by atoms with Crippen LogP contribution in [-0.2, 0) is 4.74 Å². The highest BCUT2D eigenvalue weighted by molar-refractivity contribution is 7.16. The van der Waals surface area contributed by atoms with Crippen molar-refractivity contribution >= 4 is 27.6 Å². The zero-order valence-electron chi connectivity index (χ0n) is 11.3. The molecule has 7 nitrogen and oxygen atoms in total. The number of ether oxygens (including phenoxy) is 1. The highest BCUT2D eigenvalue weighted by Gasteiger charge is 2.35. The van der Waals surface area contributed by atoms with Gasteiger partial charge in [-0.1, -0.05) is 25.2 Å². The maximum absolute atomic E-state index is 12.2. The number of hydrogen-bond acceptors (Lipinski definition) is 6. The van der Waals surface area contributed by atoms with Gasteiger partial charge < -0.3 is 10.5 Å². The van der Waals surface area contributed by atoms with E-state index in [1.807, 2.05) is 6.92 Å². The zero-order chi connectivity index (χ0) is 14.4. The van der Waals surface area contributed by atoms with Crippen molar-refractivity contribution in [2.24, 2.45) is 5.92 Å². The number of hydrogen-bond donors (Lipinski definition) is 2. The molecule has 0 unspecified atom stereocenters. The molecule has 0 saturated carbocycles. The number of nitrogen functional groups attached to an aromatic ring is 1. The summed E-state index contributed by atoms with van der Waals surface area (Å²) in [5.41, 5.74) is 5.50. The number of fused-ring (bicyclic) bond motifs is 1. The Bertz CT molecular complexity index is 762. The summed E-state index contributed by atoms with van der Waals surface area (Å²) in [6, 6.07) is 0. The fourth-order valence-corrected chi connectivity index (χ4v) is 3.51. The summed E-state index contributed by atoms with van der Waals surface area (Å²) in [7, 11) is 0. The molecule has 3 rings (SSSR count). The first-order chi connectivity index (χ1) is 9.51. The van der Waals surface area contributed by atoms with Gasteiger partial charge in [0.05, 0.1) is 6.10 Å². The van der Waals surface area contributed by atoms with Crippen molar-refractivity contribution < 1.29 is 4.74 Å². The topological polar surface area (TPSA) is 103 Å². The van der Waals surface area contributed by atoms with Gasteiger partial charge in [0.1, 0.15) is 10.9 Å². The summed E-state index contributed by atoms with van der Waals surface area (Å²) >= 11 is 0.877. The molecule has 1 saturated heterocycles. The molecule has 3 atom stereocenters. The van der Waals surface area contributed by atoms with Crippen LogP contribution in [0.25, 0.3) is 10.3 Å². The lowest BCUT2D eigenvalue weighted by atomic mass is 10.0. The van der Waals surface area contributed by atoms with Crippen molar-refractivity contribution in [3.05, 3.63) is 20.0 Å². The molecule has 2 aromatic rings. The monoisotopic (exact) mass is 296 g/mol. The molecule has 0 amide bonds. The van der Waals surface area contributed by atoms with Crippen LogP contribution in [0.2, 0.25) is 0 Å². The molecule has 0 radical (unpaired) electrons. The molecule has 0 spiro atoms. The molecule has 0 aliphatic carbocycles. The smallest absolute Gasteiger partial charge is 0.311 e. The van der Waals surface area contributed by atoms with Gasteiger partial charge in [0.25, 0.3) is 5.56 Å². The average molecular weight is 296 g/mol. The first kappa shape index (κ1) is 13.3. The van der Waals surface area contributed by atoms with Crippen molar-refractivity contribution in [2.45, 2.75) is 39.0 Å². The van der Waals surface area contributed by atoms with E-state index >= 15 is 0 Å². The minimum absolute atomic E-state index is 0.00624. The maximum atomic E-state index is 12.2. The second-order valence-corrected chi connectivity index (χ2v) is 6.07. The Morgan fingerprint density at radius 2 is 2.30 bits per heavy atom. The Balaban J connectivity index is 2.19. The van der Waals surface area contributed by atoms with Gasteiger partial charge in [-0.15, -0.1) is 0 Å². The molecule has 8 heteroatoms. The number of rotatable bonds is 2. The second-order valence-electron chi connectivity index (χ2n) is 5.11. The van der Waals surface area contributed by atoms with Crippen LogP contribution in [0.4, 0.5) is 5.95 Å². The number of anilines is 1.